The van der Waals surface area contributed by atoms with Crippen LogP contribution < -0.4 is 0 Å². The molecule has 0 nitrogen and oxygen atoms in total. The van der Waals surface area contributed by atoms with Gasteiger partial charge in [-0.15, -0.1) is 11.6 Å². The molecule has 1 aliphatic carbocycles. The van der Waals surface area contributed by atoms with Crippen LogP contribution >= 0.6 is 11.6 Å². The maximum atomic E-state index is 13.7. The quantitative estimate of drug-likeness (QED) is 0.441. The van der Waals surface area contributed by atoms with Crippen LogP contribution in [0.15, 0.2) is 24.3 Å². The van der Waals surface area contributed by atoms with Crippen LogP contribution in [0, 0.1) is 0 Å². The molecule has 0 fully saturated rings. The van der Waals surface area contributed by atoms with Gasteiger partial charge >= 0.3 is 0 Å². The highest BCUT2D eigenvalue weighted by molar-refractivity contribution is 6.21. The molecular formula is C11H12ClF. The first-order valence-electron chi connectivity index (χ1n) is 4.65. The molecule has 2 rings (SSSR count). The molecule has 0 N–H and O–H groups in total. The summed E-state index contributed by atoms with van der Waals surface area (Å²) >= 11 is 5.92. The van der Waals surface area contributed by atoms with Gasteiger partial charge in [-0.25, -0.2) is 4.39 Å². The predicted octanol–water partition coefficient (Wildman–Crippen LogP) is 3.64. The molecule has 2 heteroatoms. The van der Waals surface area contributed by atoms with Gasteiger partial charge in [0.2, 0.25) is 0 Å². The highest BCUT2D eigenvalue weighted by Crippen LogP contribution is 2.34. The molecule has 0 saturated carbocycles. The number of halogens is 2. The Morgan fingerprint density at radius 3 is 2.92 bits per heavy atom. The van der Waals surface area contributed by atoms with Gasteiger partial charge in [-0.2, -0.15) is 0 Å². The minimum absolute atomic E-state index is 0.344. The third kappa shape index (κ3) is 1.71. The van der Waals surface area contributed by atoms with Crippen LogP contribution in [0.5, 0.6) is 0 Å². The smallest absolute Gasteiger partial charge is 0.142 e. The molecule has 0 saturated heterocycles. The van der Waals surface area contributed by atoms with Gasteiger partial charge in [0, 0.05) is 0 Å². The van der Waals surface area contributed by atoms with Crippen molar-refractivity contribution in [3.05, 3.63) is 35.4 Å². The number of fused-ring (bicyclic) bond motifs is 1. The van der Waals surface area contributed by atoms with E-state index in [9.17, 15) is 4.39 Å². The molecule has 1 aliphatic rings. The molecular weight excluding hydrogens is 187 g/mol. The van der Waals surface area contributed by atoms with Crippen molar-refractivity contribution < 1.29 is 4.39 Å². The lowest BCUT2D eigenvalue weighted by atomic mass is 10.0. The van der Waals surface area contributed by atoms with Crippen LogP contribution in [-0.2, 0) is 6.42 Å². The Hall–Kier alpha value is -0.560. The summed E-state index contributed by atoms with van der Waals surface area (Å²) in [5.74, 6) is 0. The van der Waals surface area contributed by atoms with E-state index < -0.39 is 6.17 Å². The third-order valence-electron chi connectivity index (χ3n) is 2.60. The summed E-state index contributed by atoms with van der Waals surface area (Å²) in [7, 11) is 0. The van der Waals surface area contributed by atoms with Crippen molar-refractivity contribution in [1.29, 1.82) is 0 Å². The Labute approximate surface area is 82.7 Å². The molecule has 1 aromatic carbocycles. The van der Waals surface area contributed by atoms with Crippen molar-refractivity contribution in [3.8, 4) is 0 Å². The fourth-order valence-corrected chi connectivity index (χ4v) is 2.15. The van der Waals surface area contributed by atoms with Crippen LogP contribution in [0.1, 0.15) is 30.1 Å². The zero-order chi connectivity index (χ0) is 9.26. The zero-order valence-corrected chi connectivity index (χ0v) is 8.10. The Balaban J connectivity index is 2.40. The molecule has 0 aliphatic heterocycles. The maximum absolute atomic E-state index is 13.7. The van der Waals surface area contributed by atoms with E-state index in [0.29, 0.717) is 0 Å². The van der Waals surface area contributed by atoms with Crippen molar-refractivity contribution in [1.82, 2.24) is 0 Å². The van der Waals surface area contributed by atoms with Crippen molar-refractivity contribution in [2.24, 2.45) is 0 Å². The van der Waals surface area contributed by atoms with E-state index in [0.717, 1.165) is 30.4 Å². The first kappa shape index (κ1) is 9.01. The van der Waals surface area contributed by atoms with Crippen LogP contribution in [0.25, 0.3) is 0 Å². The van der Waals surface area contributed by atoms with E-state index in [1.807, 2.05) is 24.3 Å². The number of aryl methyl sites for hydroxylation is 1. The van der Waals surface area contributed by atoms with Gasteiger partial charge in [0.05, 0.1) is 5.38 Å². The molecule has 0 aromatic heterocycles. The molecule has 0 radical (unpaired) electrons. The molecule has 13 heavy (non-hydrogen) atoms. The standard InChI is InChI=1S/C11H12ClF/c12-10-7-3-5-8-4-1-2-6-9(8)11(10)13/h1-2,4,6,10-11H,3,5,7H2/t10-,11-/m0/s1. The van der Waals surface area contributed by atoms with E-state index >= 15 is 0 Å². The average Bonchev–Trinajstić information content (AvgIpc) is 2.29. The maximum Gasteiger partial charge on any atom is 0.142 e. The molecule has 70 valence electrons. The largest absolute Gasteiger partial charge is 0.241 e. The van der Waals surface area contributed by atoms with Crippen molar-refractivity contribution in [2.75, 3.05) is 0 Å². The molecule has 1 aromatic rings. The molecule has 0 bridgehead atoms. The molecule has 0 spiro atoms. The van der Waals surface area contributed by atoms with Crippen LogP contribution in [-0.4, -0.2) is 5.38 Å². The lowest BCUT2D eigenvalue weighted by Crippen LogP contribution is -2.06. The SMILES string of the molecule is F[C@H]1c2ccccc2CCC[C@@H]1Cl. The average molecular weight is 199 g/mol. The summed E-state index contributed by atoms with van der Waals surface area (Å²) in [6, 6.07) is 7.68. The minimum atomic E-state index is -0.986. The number of hydrogen-bond acceptors (Lipinski definition) is 0. The highest BCUT2D eigenvalue weighted by atomic mass is 35.5. The van der Waals surface area contributed by atoms with Gasteiger partial charge in [-0.1, -0.05) is 24.3 Å². The van der Waals surface area contributed by atoms with E-state index in [4.69, 9.17) is 11.6 Å². The number of rotatable bonds is 0. The summed E-state index contributed by atoms with van der Waals surface area (Å²) in [5, 5.41) is -0.344. The lowest BCUT2D eigenvalue weighted by Gasteiger charge is -2.12. The first-order chi connectivity index (χ1) is 6.29. The number of hydrogen-bond donors (Lipinski definition) is 0. The van der Waals surface area contributed by atoms with Crippen molar-refractivity contribution in [2.45, 2.75) is 30.8 Å². The molecule has 2 atom stereocenters. The van der Waals surface area contributed by atoms with Crippen molar-refractivity contribution >= 4 is 11.6 Å². The molecule has 0 amide bonds. The topological polar surface area (TPSA) is 0 Å². The second-order valence-electron chi connectivity index (χ2n) is 3.51. The normalized spacial score (nSPS) is 27.8. The monoisotopic (exact) mass is 198 g/mol. The summed E-state index contributed by atoms with van der Waals surface area (Å²) in [5.41, 5.74) is 1.91. The Kier molecular flexibility index (Phi) is 2.54. The van der Waals surface area contributed by atoms with Gasteiger partial charge in [0.15, 0.2) is 0 Å². The van der Waals surface area contributed by atoms with E-state index in [-0.39, 0.29) is 5.38 Å². The van der Waals surface area contributed by atoms with E-state index in [2.05, 4.69) is 0 Å². The van der Waals surface area contributed by atoms with E-state index in [1.165, 1.54) is 0 Å². The van der Waals surface area contributed by atoms with Crippen LogP contribution in [0.2, 0.25) is 0 Å². The first-order valence-corrected chi connectivity index (χ1v) is 5.08. The predicted molar refractivity (Wildman–Crippen MR) is 52.9 cm³/mol. The fourth-order valence-electron chi connectivity index (χ4n) is 1.86. The fraction of sp³-hybridized carbons (Fsp3) is 0.455. The van der Waals surface area contributed by atoms with Gasteiger partial charge in [0.1, 0.15) is 6.17 Å². The molecule has 0 unspecified atom stereocenters. The Bertz CT molecular complexity index is 298. The number of benzene rings is 1. The zero-order valence-electron chi connectivity index (χ0n) is 7.34. The summed E-state index contributed by atoms with van der Waals surface area (Å²) in [6.07, 6.45) is 1.74. The summed E-state index contributed by atoms with van der Waals surface area (Å²) in [6.45, 7) is 0. The Morgan fingerprint density at radius 2 is 2.08 bits per heavy atom. The highest BCUT2D eigenvalue weighted by Gasteiger charge is 2.25. The van der Waals surface area contributed by atoms with Crippen LogP contribution in [0.4, 0.5) is 4.39 Å². The Morgan fingerprint density at radius 1 is 1.31 bits per heavy atom. The van der Waals surface area contributed by atoms with Gasteiger partial charge in [-0.3, -0.25) is 0 Å². The summed E-state index contributed by atoms with van der Waals surface area (Å²) < 4.78 is 13.7. The second kappa shape index (κ2) is 3.67. The lowest BCUT2D eigenvalue weighted by molar-refractivity contribution is 0.326. The van der Waals surface area contributed by atoms with Gasteiger partial charge in [-0.05, 0) is 30.4 Å². The third-order valence-corrected chi connectivity index (χ3v) is 3.04. The van der Waals surface area contributed by atoms with Gasteiger partial charge in [0.25, 0.3) is 0 Å². The van der Waals surface area contributed by atoms with Crippen LogP contribution in [0.3, 0.4) is 0 Å². The van der Waals surface area contributed by atoms with Gasteiger partial charge < -0.3 is 0 Å². The number of alkyl halides is 2. The summed E-state index contributed by atoms with van der Waals surface area (Å²) in [4.78, 5) is 0. The minimum Gasteiger partial charge on any atom is -0.241 e. The van der Waals surface area contributed by atoms with Crippen molar-refractivity contribution in [3.63, 3.8) is 0 Å². The van der Waals surface area contributed by atoms with E-state index in [1.54, 1.807) is 0 Å². The molecule has 0 heterocycles. The second-order valence-corrected chi connectivity index (χ2v) is 4.07.